The first-order valence-corrected chi connectivity index (χ1v) is 4.09. The van der Waals surface area contributed by atoms with Gasteiger partial charge in [-0.2, -0.15) is 0 Å². The van der Waals surface area contributed by atoms with Gasteiger partial charge < -0.3 is 4.90 Å². The zero-order chi connectivity index (χ0) is 9.56. The molecule has 68 valence electrons. The minimum Gasteiger partial charge on any atom is -0.340 e. The van der Waals surface area contributed by atoms with Crippen LogP contribution < -0.4 is 0 Å². The maximum absolute atomic E-state index is 11.2. The van der Waals surface area contributed by atoms with E-state index in [2.05, 4.69) is 0 Å². The Morgan fingerprint density at radius 3 is 2.00 bits per heavy atom. The minimum absolute atomic E-state index is 0.101. The number of hydrogen-bond acceptors (Lipinski definition) is 2. The molecule has 0 aromatic carbocycles. The van der Waals surface area contributed by atoms with Gasteiger partial charge in [0, 0.05) is 19.2 Å². The van der Waals surface area contributed by atoms with Crippen molar-refractivity contribution in [3.05, 3.63) is 12.2 Å². The topological polar surface area (TPSA) is 37.4 Å². The lowest BCUT2D eigenvalue weighted by molar-refractivity contribution is -0.126. The average molecular weight is 169 g/mol. The van der Waals surface area contributed by atoms with Crippen molar-refractivity contribution in [3.8, 4) is 0 Å². The van der Waals surface area contributed by atoms with Gasteiger partial charge in [0.05, 0.1) is 0 Å². The summed E-state index contributed by atoms with van der Waals surface area (Å²) in [4.78, 5) is 23.3. The van der Waals surface area contributed by atoms with Gasteiger partial charge in [0.15, 0.2) is 5.78 Å². The fraction of sp³-hybridized carbons (Fsp3) is 0.556. The fourth-order valence-electron chi connectivity index (χ4n) is 0.829. The van der Waals surface area contributed by atoms with Gasteiger partial charge >= 0.3 is 0 Å². The Balaban J connectivity index is 4.10. The van der Waals surface area contributed by atoms with E-state index < -0.39 is 0 Å². The summed E-state index contributed by atoms with van der Waals surface area (Å²) in [6, 6.07) is 0. The van der Waals surface area contributed by atoms with E-state index in [0.717, 1.165) is 0 Å². The molecule has 0 atom stereocenters. The summed E-state index contributed by atoms with van der Waals surface area (Å²) < 4.78 is 0. The molecule has 0 fully saturated rings. The molecule has 0 radical (unpaired) electrons. The normalized spacial score (nSPS) is 10.2. The lowest BCUT2D eigenvalue weighted by atomic mass is 10.3. The fourth-order valence-corrected chi connectivity index (χ4v) is 0.829. The molecule has 0 saturated carbocycles. The summed E-state index contributed by atoms with van der Waals surface area (Å²) in [7, 11) is 0. The van der Waals surface area contributed by atoms with E-state index in [9.17, 15) is 9.59 Å². The maximum Gasteiger partial charge on any atom is 0.246 e. The van der Waals surface area contributed by atoms with Gasteiger partial charge in [0.1, 0.15) is 0 Å². The predicted molar refractivity (Wildman–Crippen MR) is 47.7 cm³/mol. The van der Waals surface area contributed by atoms with Gasteiger partial charge in [-0.25, -0.2) is 0 Å². The molecule has 0 unspecified atom stereocenters. The van der Waals surface area contributed by atoms with Crippen molar-refractivity contribution >= 4 is 11.7 Å². The van der Waals surface area contributed by atoms with Gasteiger partial charge in [-0.15, -0.1) is 0 Å². The second-order valence-electron chi connectivity index (χ2n) is 2.45. The molecule has 0 heterocycles. The van der Waals surface area contributed by atoms with Crippen molar-refractivity contribution in [2.24, 2.45) is 0 Å². The van der Waals surface area contributed by atoms with Gasteiger partial charge in [0.25, 0.3) is 0 Å². The lowest BCUT2D eigenvalue weighted by Crippen LogP contribution is -2.28. The number of carbonyl (C=O) groups is 2. The minimum atomic E-state index is -0.102. The zero-order valence-corrected chi connectivity index (χ0v) is 7.83. The number of carbonyl (C=O) groups excluding carboxylic acids is 2. The highest BCUT2D eigenvalue weighted by Crippen LogP contribution is 1.90. The number of hydrogen-bond donors (Lipinski definition) is 0. The van der Waals surface area contributed by atoms with Gasteiger partial charge in [-0.1, -0.05) is 0 Å². The number of nitrogens with zero attached hydrogens (tertiary/aromatic N) is 1. The Hall–Kier alpha value is -1.12. The Kier molecular flexibility index (Phi) is 5.00. The first-order valence-electron chi connectivity index (χ1n) is 4.09. The quantitative estimate of drug-likeness (QED) is 0.589. The molecule has 0 bridgehead atoms. The van der Waals surface area contributed by atoms with Crippen molar-refractivity contribution in [3.63, 3.8) is 0 Å². The van der Waals surface area contributed by atoms with Crippen LogP contribution >= 0.6 is 0 Å². The van der Waals surface area contributed by atoms with E-state index >= 15 is 0 Å². The Morgan fingerprint density at radius 2 is 1.67 bits per heavy atom. The lowest BCUT2D eigenvalue weighted by Gasteiger charge is -2.15. The number of amides is 1. The zero-order valence-electron chi connectivity index (χ0n) is 7.83. The van der Waals surface area contributed by atoms with E-state index in [1.807, 2.05) is 13.8 Å². The number of allylic oxidation sites excluding steroid dienone is 1. The van der Waals surface area contributed by atoms with Crippen LogP contribution in [0.15, 0.2) is 12.2 Å². The largest absolute Gasteiger partial charge is 0.340 e. The van der Waals surface area contributed by atoms with Crippen LogP contribution in [0.1, 0.15) is 20.8 Å². The van der Waals surface area contributed by atoms with Crippen LogP contribution in [0.25, 0.3) is 0 Å². The standard InChI is InChI=1S/C9H15NO2/c1-4-10(5-2)9(12)7-6-8(3)11/h6-7H,4-5H2,1-3H3. The maximum atomic E-state index is 11.2. The Morgan fingerprint density at radius 1 is 1.17 bits per heavy atom. The molecule has 0 aliphatic carbocycles. The molecule has 1 amide bonds. The Labute approximate surface area is 73.1 Å². The molecular weight excluding hydrogens is 154 g/mol. The van der Waals surface area contributed by atoms with Crippen LogP contribution in [-0.2, 0) is 9.59 Å². The van der Waals surface area contributed by atoms with E-state index in [0.29, 0.717) is 13.1 Å². The molecule has 0 N–H and O–H groups in total. The van der Waals surface area contributed by atoms with Crippen LogP contribution in [0.4, 0.5) is 0 Å². The monoisotopic (exact) mass is 169 g/mol. The van der Waals surface area contributed by atoms with Crippen LogP contribution in [0.2, 0.25) is 0 Å². The molecule has 0 saturated heterocycles. The second kappa shape index (κ2) is 5.52. The molecule has 0 spiro atoms. The molecule has 0 aromatic heterocycles. The second-order valence-corrected chi connectivity index (χ2v) is 2.45. The Bertz CT molecular complexity index is 193. The SMILES string of the molecule is CCN(CC)C(=O)C=CC(C)=O. The summed E-state index contributed by atoms with van der Waals surface area (Å²) in [5.74, 6) is -0.203. The molecule has 3 nitrogen and oxygen atoms in total. The first-order chi connectivity index (χ1) is 5.61. The van der Waals surface area contributed by atoms with Crippen molar-refractivity contribution < 1.29 is 9.59 Å². The van der Waals surface area contributed by atoms with Crippen LogP contribution in [0.5, 0.6) is 0 Å². The molecular formula is C9H15NO2. The van der Waals surface area contributed by atoms with Gasteiger partial charge in [-0.05, 0) is 26.8 Å². The van der Waals surface area contributed by atoms with E-state index in [1.54, 1.807) is 4.90 Å². The molecule has 12 heavy (non-hydrogen) atoms. The van der Waals surface area contributed by atoms with Crippen molar-refractivity contribution in [1.82, 2.24) is 4.90 Å². The molecule has 0 aromatic rings. The highest BCUT2D eigenvalue weighted by molar-refractivity contribution is 5.96. The van der Waals surface area contributed by atoms with Crippen molar-refractivity contribution in [1.29, 1.82) is 0 Å². The molecule has 0 aliphatic heterocycles. The summed E-state index contributed by atoms with van der Waals surface area (Å²) in [6.07, 6.45) is 2.61. The molecule has 0 aliphatic rings. The van der Waals surface area contributed by atoms with Crippen LogP contribution in [0.3, 0.4) is 0 Å². The summed E-state index contributed by atoms with van der Waals surface area (Å²) in [6.45, 7) is 6.59. The smallest absolute Gasteiger partial charge is 0.246 e. The van der Waals surface area contributed by atoms with E-state index in [-0.39, 0.29) is 11.7 Å². The third kappa shape index (κ3) is 3.91. The summed E-state index contributed by atoms with van der Waals surface area (Å²) in [5.41, 5.74) is 0. The average Bonchev–Trinajstić information content (AvgIpc) is 2.03. The number of rotatable bonds is 4. The predicted octanol–water partition coefficient (Wildman–Crippen LogP) is 1.00. The van der Waals surface area contributed by atoms with Crippen LogP contribution in [0, 0.1) is 0 Å². The van der Waals surface area contributed by atoms with Crippen molar-refractivity contribution in [2.75, 3.05) is 13.1 Å². The van der Waals surface area contributed by atoms with Crippen molar-refractivity contribution in [2.45, 2.75) is 20.8 Å². The van der Waals surface area contributed by atoms with Gasteiger partial charge in [0.2, 0.25) is 5.91 Å². The highest BCUT2D eigenvalue weighted by atomic mass is 16.2. The third-order valence-electron chi connectivity index (χ3n) is 1.54. The molecule has 3 heteroatoms. The molecule has 0 rings (SSSR count). The van der Waals surface area contributed by atoms with Crippen LogP contribution in [-0.4, -0.2) is 29.7 Å². The number of likely N-dealkylation sites (N-methyl/N-ethyl adjacent to an activating group) is 1. The highest BCUT2D eigenvalue weighted by Gasteiger charge is 2.04. The number of ketones is 1. The summed E-state index contributed by atoms with van der Waals surface area (Å²) in [5, 5.41) is 0. The summed E-state index contributed by atoms with van der Waals surface area (Å²) >= 11 is 0. The van der Waals surface area contributed by atoms with Gasteiger partial charge in [-0.3, -0.25) is 9.59 Å². The van der Waals surface area contributed by atoms with E-state index in [1.165, 1.54) is 19.1 Å². The van der Waals surface area contributed by atoms with E-state index in [4.69, 9.17) is 0 Å². The third-order valence-corrected chi connectivity index (χ3v) is 1.54. The first kappa shape index (κ1) is 10.9.